The normalized spacial score (nSPS) is 11.5. The fourth-order valence-electron chi connectivity index (χ4n) is 3.03. The zero-order valence-corrected chi connectivity index (χ0v) is 16.2. The molecule has 0 bridgehead atoms. The molecule has 0 aromatic heterocycles. The highest BCUT2D eigenvalue weighted by Crippen LogP contribution is 2.27. The Bertz CT molecular complexity index is 839. The third-order valence-corrected chi connectivity index (χ3v) is 4.46. The minimum absolute atomic E-state index is 0.0707. The van der Waals surface area contributed by atoms with Gasteiger partial charge in [-0.05, 0) is 30.2 Å². The molecule has 28 heavy (non-hydrogen) atoms. The molecule has 0 aliphatic carbocycles. The summed E-state index contributed by atoms with van der Waals surface area (Å²) in [5.74, 6) is 1.10. The van der Waals surface area contributed by atoms with E-state index in [9.17, 15) is 4.79 Å². The molecule has 4 heteroatoms. The molecule has 0 unspecified atom stereocenters. The molecule has 3 aromatic rings. The van der Waals surface area contributed by atoms with Crippen molar-refractivity contribution < 1.29 is 14.3 Å². The second-order valence-corrected chi connectivity index (χ2v) is 6.58. The second kappa shape index (κ2) is 9.60. The maximum Gasteiger partial charge on any atom is 0.263 e. The quantitative estimate of drug-likeness (QED) is 0.573. The van der Waals surface area contributed by atoms with Gasteiger partial charge in [-0.3, -0.25) is 4.79 Å². The summed E-state index contributed by atoms with van der Waals surface area (Å²) in [6.07, 6.45) is -0.635. The number of rotatable bonds is 8. The third kappa shape index (κ3) is 5.13. The fraction of sp³-hybridized carbons (Fsp3) is 0.208. The van der Waals surface area contributed by atoms with Gasteiger partial charge in [-0.2, -0.15) is 0 Å². The van der Waals surface area contributed by atoms with Crippen molar-refractivity contribution in [2.75, 3.05) is 7.11 Å². The summed E-state index contributed by atoms with van der Waals surface area (Å²) in [6, 6.07) is 27.3. The van der Waals surface area contributed by atoms with Gasteiger partial charge in [0.2, 0.25) is 0 Å². The SMILES string of the molecule is COc1ccccc1O[C@H](C)C(=O)N(Cc1ccccc1)Cc1ccccc1. The van der Waals surface area contributed by atoms with E-state index in [0.29, 0.717) is 24.6 Å². The third-order valence-electron chi connectivity index (χ3n) is 4.46. The van der Waals surface area contributed by atoms with E-state index >= 15 is 0 Å². The molecule has 144 valence electrons. The van der Waals surface area contributed by atoms with Crippen LogP contribution in [0.1, 0.15) is 18.1 Å². The van der Waals surface area contributed by atoms with Crippen molar-refractivity contribution in [3.63, 3.8) is 0 Å². The molecule has 0 saturated carbocycles. The zero-order chi connectivity index (χ0) is 19.8. The summed E-state index contributed by atoms with van der Waals surface area (Å²) < 4.78 is 11.3. The van der Waals surface area contributed by atoms with Gasteiger partial charge in [0.25, 0.3) is 5.91 Å². The minimum Gasteiger partial charge on any atom is -0.493 e. The van der Waals surface area contributed by atoms with Crippen molar-refractivity contribution in [2.24, 2.45) is 0 Å². The highest BCUT2D eigenvalue weighted by molar-refractivity contribution is 5.81. The lowest BCUT2D eigenvalue weighted by Crippen LogP contribution is -2.39. The largest absolute Gasteiger partial charge is 0.493 e. The highest BCUT2D eigenvalue weighted by atomic mass is 16.5. The van der Waals surface area contributed by atoms with Crippen molar-refractivity contribution >= 4 is 5.91 Å². The molecule has 0 aliphatic rings. The molecule has 4 nitrogen and oxygen atoms in total. The van der Waals surface area contributed by atoms with Crippen LogP contribution in [0.4, 0.5) is 0 Å². The first kappa shape index (κ1) is 19.5. The Morgan fingerprint density at radius 3 is 1.75 bits per heavy atom. The molecule has 0 aliphatic heterocycles. The number of carbonyl (C=O) groups is 1. The summed E-state index contributed by atoms with van der Waals surface area (Å²) in [5.41, 5.74) is 2.16. The van der Waals surface area contributed by atoms with Crippen molar-refractivity contribution in [1.29, 1.82) is 0 Å². The monoisotopic (exact) mass is 375 g/mol. The van der Waals surface area contributed by atoms with E-state index in [1.54, 1.807) is 20.1 Å². The molecule has 1 atom stereocenters. The van der Waals surface area contributed by atoms with Gasteiger partial charge in [0.05, 0.1) is 7.11 Å². The maximum absolute atomic E-state index is 13.2. The van der Waals surface area contributed by atoms with Gasteiger partial charge in [-0.1, -0.05) is 72.8 Å². The number of amides is 1. The van der Waals surface area contributed by atoms with Gasteiger partial charge >= 0.3 is 0 Å². The summed E-state index contributed by atoms with van der Waals surface area (Å²) >= 11 is 0. The molecule has 0 spiro atoms. The molecule has 3 rings (SSSR count). The van der Waals surface area contributed by atoms with Crippen molar-refractivity contribution in [2.45, 2.75) is 26.1 Å². The van der Waals surface area contributed by atoms with Crippen LogP contribution in [0, 0.1) is 0 Å². The van der Waals surface area contributed by atoms with Gasteiger partial charge < -0.3 is 14.4 Å². The van der Waals surface area contributed by atoms with Gasteiger partial charge in [0.1, 0.15) is 0 Å². The van der Waals surface area contributed by atoms with E-state index in [0.717, 1.165) is 11.1 Å². The zero-order valence-electron chi connectivity index (χ0n) is 16.2. The van der Waals surface area contributed by atoms with Crippen LogP contribution in [-0.4, -0.2) is 24.0 Å². The molecular formula is C24H25NO3. The Hall–Kier alpha value is -3.27. The number of para-hydroxylation sites is 2. The van der Waals surface area contributed by atoms with Crippen molar-refractivity contribution in [3.8, 4) is 11.5 Å². The Morgan fingerprint density at radius 1 is 0.786 bits per heavy atom. The van der Waals surface area contributed by atoms with Crippen LogP contribution in [0.25, 0.3) is 0 Å². The second-order valence-electron chi connectivity index (χ2n) is 6.58. The Morgan fingerprint density at radius 2 is 1.25 bits per heavy atom. The fourth-order valence-corrected chi connectivity index (χ4v) is 3.03. The first-order valence-corrected chi connectivity index (χ1v) is 9.33. The Kier molecular flexibility index (Phi) is 6.68. The van der Waals surface area contributed by atoms with Gasteiger partial charge in [0.15, 0.2) is 17.6 Å². The topological polar surface area (TPSA) is 38.8 Å². The summed E-state index contributed by atoms with van der Waals surface area (Å²) in [5, 5.41) is 0. The molecule has 1 amide bonds. The lowest BCUT2D eigenvalue weighted by atomic mass is 10.1. The number of nitrogens with zero attached hydrogens (tertiary/aromatic N) is 1. The van der Waals surface area contributed by atoms with Gasteiger partial charge in [-0.15, -0.1) is 0 Å². The van der Waals surface area contributed by atoms with Crippen LogP contribution >= 0.6 is 0 Å². The van der Waals surface area contributed by atoms with Gasteiger partial charge in [0, 0.05) is 13.1 Å². The first-order valence-electron chi connectivity index (χ1n) is 9.33. The molecule has 0 saturated heterocycles. The molecule has 0 N–H and O–H groups in total. The number of methoxy groups -OCH3 is 1. The van der Waals surface area contributed by atoms with Crippen LogP contribution in [0.5, 0.6) is 11.5 Å². The number of hydrogen-bond acceptors (Lipinski definition) is 3. The predicted molar refractivity (Wildman–Crippen MR) is 110 cm³/mol. The first-order chi connectivity index (χ1) is 13.7. The van der Waals surface area contributed by atoms with Crippen LogP contribution in [0.3, 0.4) is 0 Å². The van der Waals surface area contributed by atoms with E-state index in [-0.39, 0.29) is 5.91 Å². The number of ether oxygens (including phenoxy) is 2. The number of hydrogen-bond donors (Lipinski definition) is 0. The molecule has 0 heterocycles. The molecule has 3 aromatic carbocycles. The predicted octanol–water partition coefficient (Wildman–Crippen LogP) is 4.69. The van der Waals surface area contributed by atoms with E-state index in [1.165, 1.54) is 0 Å². The smallest absolute Gasteiger partial charge is 0.263 e. The van der Waals surface area contributed by atoms with Crippen LogP contribution < -0.4 is 9.47 Å². The molecule has 0 radical (unpaired) electrons. The van der Waals surface area contributed by atoms with Crippen molar-refractivity contribution in [1.82, 2.24) is 4.90 Å². The van der Waals surface area contributed by atoms with Crippen molar-refractivity contribution in [3.05, 3.63) is 96.1 Å². The van der Waals surface area contributed by atoms with E-state index < -0.39 is 6.10 Å². The Balaban J connectivity index is 1.78. The maximum atomic E-state index is 13.2. The average Bonchev–Trinajstić information content (AvgIpc) is 2.74. The standard InChI is InChI=1S/C24H25NO3/c1-19(28-23-16-10-9-15-22(23)27-2)24(26)25(17-20-11-5-3-6-12-20)18-21-13-7-4-8-14-21/h3-16,19H,17-18H2,1-2H3/t19-/m1/s1. The lowest BCUT2D eigenvalue weighted by Gasteiger charge is -2.27. The van der Waals surface area contributed by atoms with E-state index in [2.05, 4.69) is 0 Å². The lowest BCUT2D eigenvalue weighted by molar-refractivity contribution is -0.139. The van der Waals surface area contributed by atoms with Crippen LogP contribution in [0.15, 0.2) is 84.9 Å². The molecule has 0 fully saturated rings. The average molecular weight is 375 g/mol. The van der Waals surface area contributed by atoms with Crippen LogP contribution in [0.2, 0.25) is 0 Å². The number of carbonyl (C=O) groups excluding carboxylic acids is 1. The highest BCUT2D eigenvalue weighted by Gasteiger charge is 2.23. The summed E-state index contributed by atoms with van der Waals surface area (Å²) in [4.78, 5) is 15.0. The van der Waals surface area contributed by atoms with Gasteiger partial charge in [-0.25, -0.2) is 0 Å². The number of benzene rings is 3. The summed E-state index contributed by atoms with van der Waals surface area (Å²) in [7, 11) is 1.59. The van der Waals surface area contributed by atoms with E-state index in [4.69, 9.17) is 9.47 Å². The Labute approximate surface area is 166 Å². The van der Waals surface area contributed by atoms with E-state index in [1.807, 2.05) is 83.8 Å². The summed E-state index contributed by atoms with van der Waals surface area (Å²) in [6.45, 7) is 2.82. The van der Waals surface area contributed by atoms with Crippen LogP contribution in [-0.2, 0) is 17.9 Å². The minimum atomic E-state index is -0.635. The molecular weight excluding hydrogens is 350 g/mol.